The van der Waals surface area contributed by atoms with Crippen molar-refractivity contribution in [1.82, 2.24) is 0 Å². The molecule has 86 valence electrons. The predicted octanol–water partition coefficient (Wildman–Crippen LogP) is 2.26. The lowest BCUT2D eigenvalue weighted by atomic mass is 9.67. The van der Waals surface area contributed by atoms with Crippen LogP contribution < -0.4 is 0 Å². The minimum Gasteiger partial charge on any atom is -0.396 e. The van der Waals surface area contributed by atoms with Crippen LogP contribution in [-0.2, 0) is 0 Å². The quantitative estimate of drug-likeness (QED) is 0.686. The molecule has 2 unspecified atom stereocenters. The highest BCUT2D eigenvalue weighted by Crippen LogP contribution is 2.42. The van der Waals surface area contributed by atoms with E-state index in [-0.39, 0.29) is 18.4 Å². The predicted molar refractivity (Wildman–Crippen MR) is 60.5 cm³/mol. The van der Waals surface area contributed by atoms with Gasteiger partial charge in [-0.25, -0.2) is 0 Å². The van der Waals surface area contributed by atoms with Crippen molar-refractivity contribution in [3.63, 3.8) is 0 Å². The first-order chi connectivity index (χ1) is 7.26. The van der Waals surface area contributed by atoms with Crippen molar-refractivity contribution in [3.05, 3.63) is 12.2 Å². The van der Waals surface area contributed by atoms with Crippen LogP contribution in [0.2, 0.25) is 0 Å². The van der Waals surface area contributed by atoms with Crippen molar-refractivity contribution in [2.24, 2.45) is 11.8 Å². The van der Waals surface area contributed by atoms with E-state index in [0.29, 0.717) is 0 Å². The lowest BCUT2D eigenvalue weighted by Crippen LogP contribution is -2.45. The molecule has 0 amide bonds. The Labute approximate surface area is 92.0 Å². The largest absolute Gasteiger partial charge is 0.396 e. The normalized spacial score (nSPS) is 35.3. The topological polar surface area (TPSA) is 40.5 Å². The Hall–Kier alpha value is -0.340. The zero-order valence-corrected chi connectivity index (χ0v) is 9.36. The fourth-order valence-electron chi connectivity index (χ4n) is 3.27. The highest BCUT2D eigenvalue weighted by Gasteiger charge is 2.41. The van der Waals surface area contributed by atoms with E-state index in [4.69, 9.17) is 0 Å². The van der Waals surface area contributed by atoms with E-state index in [2.05, 4.69) is 12.2 Å². The molecule has 2 nitrogen and oxygen atoms in total. The van der Waals surface area contributed by atoms with Gasteiger partial charge >= 0.3 is 0 Å². The van der Waals surface area contributed by atoms with Crippen molar-refractivity contribution < 1.29 is 10.2 Å². The van der Waals surface area contributed by atoms with E-state index >= 15 is 0 Å². The molecular formula is C13H22O2. The first-order valence-corrected chi connectivity index (χ1v) is 6.24. The molecule has 15 heavy (non-hydrogen) atoms. The number of hydrogen-bond donors (Lipinski definition) is 2. The zero-order valence-electron chi connectivity index (χ0n) is 9.36. The molecule has 0 heterocycles. The Kier molecular flexibility index (Phi) is 3.47. The molecule has 2 aliphatic carbocycles. The first kappa shape index (κ1) is 11.2. The monoisotopic (exact) mass is 210 g/mol. The number of hydrogen-bond acceptors (Lipinski definition) is 2. The van der Waals surface area contributed by atoms with Crippen molar-refractivity contribution >= 4 is 0 Å². The third-order valence-electron chi connectivity index (χ3n) is 4.21. The van der Waals surface area contributed by atoms with Crippen LogP contribution in [0.1, 0.15) is 44.9 Å². The van der Waals surface area contributed by atoms with Gasteiger partial charge in [0.15, 0.2) is 0 Å². The summed E-state index contributed by atoms with van der Waals surface area (Å²) in [4.78, 5) is 0. The van der Waals surface area contributed by atoms with Crippen LogP contribution in [0.5, 0.6) is 0 Å². The second-order valence-electron chi connectivity index (χ2n) is 5.16. The van der Waals surface area contributed by atoms with Gasteiger partial charge in [-0.15, -0.1) is 0 Å². The Morgan fingerprint density at radius 1 is 1.07 bits per heavy atom. The molecule has 2 rings (SSSR count). The minimum atomic E-state index is -0.490. The molecule has 0 aromatic carbocycles. The maximum Gasteiger partial charge on any atom is 0.0682 e. The van der Waals surface area contributed by atoms with Gasteiger partial charge in [-0.1, -0.05) is 31.4 Å². The Balaban J connectivity index is 2.09. The number of aliphatic hydroxyl groups excluding tert-OH is 1. The van der Waals surface area contributed by atoms with Gasteiger partial charge in [-0.3, -0.25) is 0 Å². The van der Waals surface area contributed by atoms with Crippen LogP contribution in [0.25, 0.3) is 0 Å². The first-order valence-electron chi connectivity index (χ1n) is 6.24. The molecule has 0 radical (unpaired) electrons. The number of rotatable bonds is 2. The Morgan fingerprint density at radius 2 is 1.73 bits per heavy atom. The maximum atomic E-state index is 10.7. The summed E-state index contributed by atoms with van der Waals surface area (Å²) in [5.41, 5.74) is -0.490. The van der Waals surface area contributed by atoms with Gasteiger partial charge < -0.3 is 10.2 Å². The molecule has 2 N–H and O–H groups in total. The maximum absolute atomic E-state index is 10.7. The highest BCUT2D eigenvalue weighted by molar-refractivity contribution is 5.02. The van der Waals surface area contributed by atoms with Crippen LogP contribution in [0.15, 0.2) is 12.2 Å². The summed E-state index contributed by atoms with van der Waals surface area (Å²) in [6.07, 6.45) is 11.6. The van der Waals surface area contributed by atoms with Crippen LogP contribution >= 0.6 is 0 Å². The summed E-state index contributed by atoms with van der Waals surface area (Å²) in [6.45, 7) is 0.220. The van der Waals surface area contributed by atoms with E-state index < -0.39 is 5.60 Å². The van der Waals surface area contributed by atoms with Gasteiger partial charge in [0.25, 0.3) is 0 Å². The molecular weight excluding hydrogens is 188 g/mol. The lowest BCUT2D eigenvalue weighted by Gasteiger charge is -2.43. The minimum absolute atomic E-state index is 0.220. The molecule has 2 heteroatoms. The van der Waals surface area contributed by atoms with Gasteiger partial charge in [0, 0.05) is 6.61 Å². The van der Waals surface area contributed by atoms with Gasteiger partial charge in [0.2, 0.25) is 0 Å². The second kappa shape index (κ2) is 4.67. The standard InChI is InChI=1S/C13H22O2/c14-10-11-6-2-3-7-12(11)13(15)8-4-1-5-9-13/h2-3,11-12,14-15H,1,4-10H2. The Morgan fingerprint density at radius 3 is 2.40 bits per heavy atom. The molecule has 1 saturated carbocycles. The van der Waals surface area contributed by atoms with E-state index in [1.165, 1.54) is 6.42 Å². The fourth-order valence-corrected chi connectivity index (χ4v) is 3.27. The summed E-state index contributed by atoms with van der Waals surface area (Å²) >= 11 is 0. The number of aliphatic hydroxyl groups is 2. The summed E-state index contributed by atoms with van der Waals surface area (Å²) < 4.78 is 0. The average Bonchev–Trinajstić information content (AvgIpc) is 2.30. The van der Waals surface area contributed by atoms with Crippen LogP contribution in [0.4, 0.5) is 0 Å². The summed E-state index contributed by atoms with van der Waals surface area (Å²) in [6, 6.07) is 0. The van der Waals surface area contributed by atoms with Gasteiger partial charge in [-0.05, 0) is 37.5 Å². The van der Waals surface area contributed by atoms with Gasteiger partial charge in [0.05, 0.1) is 5.60 Å². The molecule has 2 atom stereocenters. The number of allylic oxidation sites excluding steroid dienone is 2. The second-order valence-corrected chi connectivity index (χ2v) is 5.16. The van der Waals surface area contributed by atoms with Gasteiger partial charge in [-0.2, -0.15) is 0 Å². The summed E-state index contributed by atoms with van der Waals surface area (Å²) in [5.74, 6) is 0.561. The third kappa shape index (κ3) is 2.26. The SMILES string of the molecule is OCC1CC=CCC1C1(O)CCCCC1. The molecule has 0 aromatic heterocycles. The summed E-state index contributed by atoms with van der Waals surface area (Å²) in [5, 5.41) is 20.0. The van der Waals surface area contributed by atoms with Crippen LogP contribution in [-0.4, -0.2) is 22.4 Å². The fraction of sp³-hybridized carbons (Fsp3) is 0.846. The molecule has 2 aliphatic rings. The molecule has 0 aliphatic heterocycles. The molecule has 0 spiro atoms. The smallest absolute Gasteiger partial charge is 0.0682 e. The average molecular weight is 210 g/mol. The van der Waals surface area contributed by atoms with Gasteiger partial charge in [0.1, 0.15) is 0 Å². The van der Waals surface area contributed by atoms with Crippen molar-refractivity contribution in [3.8, 4) is 0 Å². The van der Waals surface area contributed by atoms with E-state index in [0.717, 1.165) is 38.5 Å². The molecule has 1 fully saturated rings. The van der Waals surface area contributed by atoms with E-state index in [1.807, 2.05) is 0 Å². The highest BCUT2D eigenvalue weighted by atomic mass is 16.3. The lowest BCUT2D eigenvalue weighted by molar-refractivity contribution is -0.0782. The molecule has 0 aromatic rings. The van der Waals surface area contributed by atoms with Crippen molar-refractivity contribution in [1.29, 1.82) is 0 Å². The zero-order chi connectivity index (χ0) is 10.7. The Bertz CT molecular complexity index is 229. The van der Waals surface area contributed by atoms with Crippen LogP contribution in [0.3, 0.4) is 0 Å². The third-order valence-corrected chi connectivity index (χ3v) is 4.21. The van der Waals surface area contributed by atoms with Crippen molar-refractivity contribution in [2.45, 2.75) is 50.5 Å². The molecule has 0 saturated heterocycles. The molecule has 0 bridgehead atoms. The van der Waals surface area contributed by atoms with Crippen LogP contribution in [0, 0.1) is 11.8 Å². The van der Waals surface area contributed by atoms with Crippen molar-refractivity contribution in [2.75, 3.05) is 6.61 Å². The van der Waals surface area contributed by atoms with E-state index in [1.54, 1.807) is 0 Å². The summed E-state index contributed by atoms with van der Waals surface area (Å²) in [7, 11) is 0. The van der Waals surface area contributed by atoms with E-state index in [9.17, 15) is 10.2 Å².